The Bertz CT molecular complexity index is 1180. The van der Waals surface area contributed by atoms with Crippen LogP contribution in [0.15, 0.2) is 39.6 Å². The number of halogens is 4. The van der Waals surface area contributed by atoms with Crippen molar-refractivity contribution in [3.8, 4) is 0 Å². The van der Waals surface area contributed by atoms with E-state index in [-0.39, 0.29) is 11.1 Å². The quantitative estimate of drug-likeness (QED) is 0.466. The van der Waals surface area contributed by atoms with Crippen LogP contribution in [0.3, 0.4) is 0 Å². The van der Waals surface area contributed by atoms with Crippen LogP contribution in [0.1, 0.15) is 36.1 Å². The molecular weight excluding hydrogens is 696 g/mol. The lowest BCUT2D eigenvalue weighted by molar-refractivity contribution is 0.0788. The molecule has 0 aromatic carbocycles. The molecule has 0 unspecified atom stereocenters. The first kappa shape index (κ1) is 24.1. The molecule has 0 amide bonds. The van der Waals surface area contributed by atoms with Gasteiger partial charge in [-0.1, -0.05) is 0 Å². The zero-order chi connectivity index (χ0) is 23.7. The average molecular weight is 722 g/mol. The molecule has 2 aromatic rings. The topological polar surface area (TPSA) is 50.5 Å². The molecule has 0 spiro atoms. The third-order valence-electron chi connectivity index (χ3n) is 8.09. The SMILES string of the molecule is O=c1c(Br)cc(Br)c2n1C[C@H]1C[C@@H]2CN(CCN2C[C@@H]3C[C@H](C2)c2c(Br)cc(Br)c(=O)n2C3)C1. The number of pyridine rings is 2. The van der Waals surface area contributed by atoms with Crippen molar-refractivity contribution >= 4 is 63.7 Å². The van der Waals surface area contributed by atoms with E-state index in [4.69, 9.17) is 0 Å². The van der Waals surface area contributed by atoms with Gasteiger partial charge in [0.25, 0.3) is 11.1 Å². The van der Waals surface area contributed by atoms with Crippen molar-refractivity contribution in [3.05, 3.63) is 62.1 Å². The minimum absolute atomic E-state index is 0.0961. The Labute approximate surface area is 232 Å². The van der Waals surface area contributed by atoms with Crippen LogP contribution in [-0.4, -0.2) is 58.2 Å². The van der Waals surface area contributed by atoms with E-state index in [1.165, 1.54) is 24.2 Å². The van der Waals surface area contributed by atoms with Gasteiger partial charge in [0, 0.05) is 84.5 Å². The van der Waals surface area contributed by atoms with Gasteiger partial charge in [-0.25, -0.2) is 0 Å². The number of aromatic nitrogens is 2. The van der Waals surface area contributed by atoms with Crippen LogP contribution in [0, 0.1) is 11.8 Å². The lowest BCUT2D eigenvalue weighted by Crippen LogP contribution is -2.51. The molecule has 6 nitrogen and oxygen atoms in total. The van der Waals surface area contributed by atoms with Gasteiger partial charge < -0.3 is 18.9 Å². The highest BCUT2D eigenvalue weighted by atomic mass is 79.9. The van der Waals surface area contributed by atoms with Crippen LogP contribution in [0.4, 0.5) is 0 Å². The molecule has 0 aliphatic carbocycles. The van der Waals surface area contributed by atoms with Gasteiger partial charge in [-0.3, -0.25) is 9.59 Å². The standard InChI is InChI=1S/C24H26Br4N4O2/c25-17-5-19(27)23(33)31-9-13-3-15(21(17)31)11-29(7-13)1-2-30-8-14-4-16(12-30)22-18(26)6-20(28)24(34)32(22)10-14/h5-6,13-16H,1-4,7-12H2/t13-,14-,15+,16+/m0/s1. The van der Waals surface area contributed by atoms with Crippen molar-refractivity contribution in [2.24, 2.45) is 11.8 Å². The summed E-state index contributed by atoms with van der Waals surface area (Å²) in [5.74, 6) is 1.85. The van der Waals surface area contributed by atoms with Gasteiger partial charge in [0.2, 0.25) is 0 Å². The summed E-state index contributed by atoms with van der Waals surface area (Å²) in [7, 11) is 0. The fourth-order valence-electron chi connectivity index (χ4n) is 6.85. The molecule has 0 N–H and O–H groups in total. The Morgan fingerprint density at radius 2 is 1.03 bits per heavy atom. The van der Waals surface area contributed by atoms with Crippen molar-refractivity contribution in [2.75, 3.05) is 39.3 Å². The van der Waals surface area contributed by atoms with Gasteiger partial charge in [-0.05, 0) is 101 Å². The number of hydrogen-bond acceptors (Lipinski definition) is 4. The van der Waals surface area contributed by atoms with Crippen molar-refractivity contribution in [3.63, 3.8) is 0 Å². The first-order valence-electron chi connectivity index (χ1n) is 11.9. The largest absolute Gasteiger partial charge is 0.310 e. The Morgan fingerprint density at radius 1 is 0.618 bits per heavy atom. The van der Waals surface area contributed by atoms with Gasteiger partial charge in [0.15, 0.2) is 0 Å². The zero-order valence-electron chi connectivity index (χ0n) is 18.7. The molecule has 0 radical (unpaired) electrons. The van der Waals surface area contributed by atoms with Crippen molar-refractivity contribution in [2.45, 2.75) is 37.8 Å². The molecule has 2 saturated heterocycles. The maximum Gasteiger partial charge on any atom is 0.265 e. The molecule has 182 valence electrons. The Kier molecular flexibility index (Phi) is 6.55. The minimum Gasteiger partial charge on any atom is -0.310 e. The van der Waals surface area contributed by atoms with Crippen molar-refractivity contribution in [1.82, 2.24) is 18.9 Å². The van der Waals surface area contributed by atoms with Crippen LogP contribution in [0.25, 0.3) is 0 Å². The number of likely N-dealkylation sites (tertiary alicyclic amines) is 2. The van der Waals surface area contributed by atoms with E-state index in [0.717, 1.165) is 61.3 Å². The Balaban J connectivity index is 1.15. The highest BCUT2D eigenvalue weighted by Crippen LogP contribution is 2.41. The Hall–Kier alpha value is -0.260. The van der Waals surface area contributed by atoms with E-state index in [1.54, 1.807) is 0 Å². The molecule has 0 saturated carbocycles. The highest BCUT2D eigenvalue weighted by Gasteiger charge is 2.38. The maximum absolute atomic E-state index is 12.7. The van der Waals surface area contributed by atoms with Crippen molar-refractivity contribution in [1.29, 1.82) is 0 Å². The summed E-state index contributed by atoms with van der Waals surface area (Å²) >= 11 is 14.3. The molecule has 6 heterocycles. The molecule has 6 rings (SSSR count). The van der Waals surface area contributed by atoms with E-state index >= 15 is 0 Å². The normalized spacial score (nSPS) is 28.5. The summed E-state index contributed by atoms with van der Waals surface area (Å²) in [5, 5.41) is 0. The average Bonchev–Trinajstić information content (AvgIpc) is 2.78. The lowest BCUT2D eigenvalue weighted by Gasteiger charge is -2.46. The van der Waals surface area contributed by atoms with E-state index in [9.17, 15) is 9.59 Å². The smallest absolute Gasteiger partial charge is 0.265 e. The van der Waals surface area contributed by atoms with Crippen LogP contribution < -0.4 is 11.1 Å². The molecule has 2 aromatic heterocycles. The fourth-order valence-corrected chi connectivity index (χ4v) is 9.89. The summed E-state index contributed by atoms with van der Waals surface area (Å²) < 4.78 is 7.34. The molecule has 4 atom stereocenters. The summed E-state index contributed by atoms with van der Waals surface area (Å²) in [6.45, 7) is 7.86. The number of rotatable bonds is 3. The second kappa shape index (κ2) is 9.24. The van der Waals surface area contributed by atoms with Crippen LogP contribution in [-0.2, 0) is 13.1 Å². The van der Waals surface area contributed by atoms with Gasteiger partial charge in [0.05, 0.1) is 8.95 Å². The fraction of sp³-hybridized carbons (Fsp3) is 0.583. The minimum atomic E-state index is 0.0961. The molecule has 4 aliphatic rings. The molecular formula is C24H26Br4N4O2. The second-order valence-corrected chi connectivity index (χ2v) is 13.8. The van der Waals surface area contributed by atoms with Crippen molar-refractivity contribution < 1.29 is 0 Å². The zero-order valence-corrected chi connectivity index (χ0v) is 25.0. The third-order valence-corrected chi connectivity index (χ3v) is 10.5. The van der Waals surface area contributed by atoms with Gasteiger partial charge in [-0.2, -0.15) is 0 Å². The summed E-state index contributed by atoms with van der Waals surface area (Å²) in [5.41, 5.74) is 2.52. The first-order valence-corrected chi connectivity index (χ1v) is 15.1. The monoisotopic (exact) mass is 718 g/mol. The summed E-state index contributed by atoms with van der Waals surface area (Å²) in [6.07, 6.45) is 2.33. The second-order valence-electron chi connectivity index (χ2n) is 10.4. The maximum atomic E-state index is 12.7. The number of nitrogens with zero attached hydrogens (tertiary/aromatic N) is 4. The molecule has 4 aliphatic heterocycles. The summed E-state index contributed by atoms with van der Waals surface area (Å²) in [4.78, 5) is 30.6. The number of hydrogen-bond donors (Lipinski definition) is 0. The van der Waals surface area contributed by atoms with E-state index < -0.39 is 0 Å². The number of piperidine rings is 2. The Morgan fingerprint density at radius 3 is 1.44 bits per heavy atom. The van der Waals surface area contributed by atoms with Crippen LogP contribution >= 0.6 is 63.7 Å². The van der Waals surface area contributed by atoms with Gasteiger partial charge in [-0.15, -0.1) is 0 Å². The summed E-state index contributed by atoms with van der Waals surface area (Å²) in [6, 6.07) is 3.83. The third kappa shape index (κ3) is 4.18. The van der Waals surface area contributed by atoms with Gasteiger partial charge in [0.1, 0.15) is 0 Å². The molecule has 10 heteroatoms. The van der Waals surface area contributed by atoms with E-state index in [2.05, 4.69) is 73.5 Å². The number of fused-ring (bicyclic) bond motifs is 8. The predicted molar refractivity (Wildman–Crippen MR) is 147 cm³/mol. The van der Waals surface area contributed by atoms with E-state index in [1.807, 2.05) is 21.3 Å². The van der Waals surface area contributed by atoms with E-state index in [0.29, 0.717) is 32.6 Å². The van der Waals surface area contributed by atoms with Gasteiger partial charge >= 0.3 is 0 Å². The van der Waals surface area contributed by atoms with Crippen LogP contribution in [0.5, 0.6) is 0 Å². The van der Waals surface area contributed by atoms with Crippen LogP contribution in [0.2, 0.25) is 0 Å². The highest BCUT2D eigenvalue weighted by molar-refractivity contribution is 9.11. The molecule has 34 heavy (non-hydrogen) atoms. The first-order chi connectivity index (χ1) is 16.3. The predicted octanol–water partition coefficient (Wildman–Crippen LogP) is 4.60. The lowest BCUT2D eigenvalue weighted by atomic mass is 9.82. The molecule has 4 bridgehead atoms. The molecule has 2 fully saturated rings.